The van der Waals surface area contributed by atoms with Crippen LogP contribution in [0.15, 0.2) is 0 Å². The molecule has 1 aliphatic rings. The Morgan fingerprint density at radius 3 is 2.44 bits per heavy atom. The molecule has 0 spiro atoms. The van der Waals surface area contributed by atoms with Gasteiger partial charge in [0, 0.05) is 12.6 Å². The predicted octanol–water partition coefficient (Wildman–Crippen LogP) is 1.89. The van der Waals surface area contributed by atoms with Crippen LogP contribution in [0.2, 0.25) is 0 Å². The van der Waals surface area contributed by atoms with Crippen LogP contribution >= 0.6 is 0 Å². The van der Waals surface area contributed by atoms with Gasteiger partial charge in [0.15, 0.2) is 0 Å². The molecule has 3 heteroatoms. The second kappa shape index (κ2) is 8.13. The van der Waals surface area contributed by atoms with Gasteiger partial charge >= 0.3 is 0 Å². The van der Waals surface area contributed by atoms with E-state index in [-0.39, 0.29) is 0 Å². The van der Waals surface area contributed by atoms with E-state index in [4.69, 9.17) is 0 Å². The van der Waals surface area contributed by atoms with Gasteiger partial charge in [-0.15, -0.1) is 0 Å². The molecule has 0 amide bonds. The Morgan fingerprint density at radius 2 is 1.83 bits per heavy atom. The van der Waals surface area contributed by atoms with Crippen LogP contribution in [-0.4, -0.2) is 63.7 Å². The van der Waals surface area contributed by atoms with Crippen molar-refractivity contribution < 1.29 is 0 Å². The standard InChI is InChI=1S/C15H33N3/c1-13-7-8-15(16-2)14(11-13)12-18(5)10-6-9-17(3)4/h13-16H,6-12H2,1-5H3. The number of nitrogens with one attached hydrogen (secondary N) is 1. The van der Waals surface area contributed by atoms with Gasteiger partial charge in [-0.1, -0.05) is 6.92 Å². The Kier molecular flexibility index (Phi) is 7.20. The zero-order valence-corrected chi connectivity index (χ0v) is 13.1. The SMILES string of the molecule is CNC1CCC(C)CC1CN(C)CCCN(C)C. The molecule has 1 aliphatic carbocycles. The molecule has 1 fully saturated rings. The first kappa shape index (κ1) is 15.9. The molecule has 3 atom stereocenters. The first-order chi connectivity index (χ1) is 8.52. The lowest BCUT2D eigenvalue weighted by Gasteiger charge is -2.37. The third kappa shape index (κ3) is 5.68. The van der Waals surface area contributed by atoms with Crippen molar-refractivity contribution in [2.45, 2.75) is 38.6 Å². The second-order valence-corrected chi connectivity index (χ2v) is 6.49. The van der Waals surface area contributed by atoms with Gasteiger partial charge in [0.2, 0.25) is 0 Å². The van der Waals surface area contributed by atoms with E-state index in [2.05, 4.69) is 50.2 Å². The fraction of sp³-hybridized carbons (Fsp3) is 1.00. The van der Waals surface area contributed by atoms with Crippen LogP contribution in [0.3, 0.4) is 0 Å². The molecule has 0 aromatic rings. The smallest absolute Gasteiger partial charge is 0.0105 e. The van der Waals surface area contributed by atoms with Gasteiger partial charge in [0.25, 0.3) is 0 Å². The van der Waals surface area contributed by atoms with E-state index in [1.54, 1.807) is 0 Å². The molecule has 108 valence electrons. The van der Waals surface area contributed by atoms with Crippen molar-refractivity contribution in [3.8, 4) is 0 Å². The van der Waals surface area contributed by atoms with Gasteiger partial charge in [-0.25, -0.2) is 0 Å². The Labute approximate surface area is 114 Å². The van der Waals surface area contributed by atoms with Gasteiger partial charge in [0.05, 0.1) is 0 Å². The van der Waals surface area contributed by atoms with E-state index in [1.165, 1.54) is 45.3 Å². The van der Waals surface area contributed by atoms with E-state index in [1.807, 2.05) is 0 Å². The topological polar surface area (TPSA) is 18.5 Å². The van der Waals surface area contributed by atoms with Crippen molar-refractivity contribution in [3.63, 3.8) is 0 Å². The molecule has 0 aliphatic heterocycles. The van der Waals surface area contributed by atoms with E-state index in [0.29, 0.717) is 0 Å². The second-order valence-electron chi connectivity index (χ2n) is 6.49. The summed E-state index contributed by atoms with van der Waals surface area (Å²) in [7, 11) is 8.71. The minimum absolute atomic E-state index is 0.734. The van der Waals surface area contributed by atoms with E-state index < -0.39 is 0 Å². The monoisotopic (exact) mass is 255 g/mol. The summed E-state index contributed by atoms with van der Waals surface area (Å²) in [6, 6.07) is 0.734. The van der Waals surface area contributed by atoms with Crippen LogP contribution in [0.25, 0.3) is 0 Å². The lowest BCUT2D eigenvalue weighted by Crippen LogP contribution is -2.43. The van der Waals surface area contributed by atoms with Crippen LogP contribution in [0, 0.1) is 11.8 Å². The average molecular weight is 255 g/mol. The molecule has 18 heavy (non-hydrogen) atoms. The quantitative estimate of drug-likeness (QED) is 0.749. The molecule has 0 radical (unpaired) electrons. The highest BCUT2D eigenvalue weighted by Crippen LogP contribution is 2.29. The maximum absolute atomic E-state index is 3.52. The summed E-state index contributed by atoms with van der Waals surface area (Å²) in [5, 5.41) is 3.52. The van der Waals surface area contributed by atoms with Crippen molar-refractivity contribution in [1.82, 2.24) is 15.1 Å². The lowest BCUT2D eigenvalue weighted by molar-refractivity contribution is 0.162. The van der Waals surface area contributed by atoms with Crippen LogP contribution in [0.5, 0.6) is 0 Å². The minimum Gasteiger partial charge on any atom is -0.317 e. The summed E-state index contributed by atoms with van der Waals surface area (Å²) in [5.74, 6) is 1.75. The fourth-order valence-electron chi connectivity index (χ4n) is 3.23. The molecule has 3 unspecified atom stereocenters. The third-order valence-electron chi connectivity index (χ3n) is 4.31. The normalized spacial score (nSPS) is 29.2. The zero-order chi connectivity index (χ0) is 13.5. The summed E-state index contributed by atoms with van der Waals surface area (Å²) in [6.07, 6.45) is 5.42. The molecule has 1 saturated carbocycles. The van der Waals surface area contributed by atoms with Crippen molar-refractivity contribution in [2.75, 3.05) is 47.8 Å². The summed E-state index contributed by atoms with van der Waals surface area (Å²) >= 11 is 0. The highest BCUT2D eigenvalue weighted by Gasteiger charge is 2.28. The Hall–Kier alpha value is -0.120. The van der Waals surface area contributed by atoms with Crippen LogP contribution in [0.4, 0.5) is 0 Å². The molecular weight excluding hydrogens is 222 g/mol. The Balaban J connectivity index is 2.29. The van der Waals surface area contributed by atoms with Gasteiger partial charge in [-0.3, -0.25) is 0 Å². The van der Waals surface area contributed by atoms with Crippen molar-refractivity contribution >= 4 is 0 Å². The van der Waals surface area contributed by atoms with E-state index in [0.717, 1.165) is 17.9 Å². The highest BCUT2D eigenvalue weighted by molar-refractivity contribution is 4.84. The number of rotatable bonds is 7. The van der Waals surface area contributed by atoms with Crippen molar-refractivity contribution in [2.24, 2.45) is 11.8 Å². The third-order valence-corrected chi connectivity index (χ3v) is 4.31. The first-order valence-corrected chi connectivity index (χ1v) is 7.53. The number of hydrogen-bond acceptors (Lipinski definition) is 3. The lowest BCUT2D eigenvalue weighted by atomic mass is 9.78. The molecule has 0 aromatic carbocycles. The van der Waals surface area contributed by atoms with Gasteiger partial charge in [0.1, 0.15) is 0 Å². The van der Waals surface area contributed by atoms with Crippen molar-refractivity contribution in [3.05, 3.63) is 0 Å². The molecule has 1 rings (SSSR count). The molecule has 0 saturated heterocycles. The minimum atomic E-state index is 0.734. The molecule has 0 bridgehead atoms. The maximum Gasteiger partial charge on any atom is 0.0105 e. The largest absolute Gasteiger partial charge is 0.317 e. The number of nitrogens with zero attached hydrogens (tertiary/aromatic N) is 2. The van der Waals surface area contributed by atoms with Gasteiger partial charge < -0.3 is 15.1 Å². The maximum atomic E-state index is 3.52. The summed E-state index contributed by atoms with van der Waals surface area (Å²) in [4.78, 5) is 4.80. The predicted molar refractivity (Wildman–Crippen MR) is 80.0 cm³/mol. The first-order valence-electron chi connectivity index (χ1n) is 7.53. The van der Waals surface area contributed by atoms with Crippen LogP contribution < -0.4 is 5.32 Å². The Bertz CT molecular complexity index is 218. The van der Waals surface area contributed by atoms with Crippen LogP contribution in [-0.2, 0) is 0 Å². The zero-order valence-electron chi connectivity index (χ0n) is 13.1. The Morgan fingerprint density at radius 1 is 1.11 bits per heavy atom. The number of hydrogen-bond donors (Lipinski definition) is 1. The summed E-state index contributed by atoms with van der Waals surface area (Å²) < 4.78 is 0. The van der Waals surface area contributed by atoms with Crippen LogP contribution in [0.1, 0.15) is 32.6 Å². The van der Waals surface area contributed by atoms with Crippen molar-refractivity contribution in [1.29, 1.82) is 0 Å². The van der Waals surface area contributed by atoms with Gasteiger partial charge in [-0.05, 0) is 78.8 Å². The molecule has 3 nitrogen and oxygen atoms in total. The summed E-state index contributed by atoms with van der Waals surface area (Å²) in [5.41, 5.74) is 0. The average Bonchev–Trinajstić information content (AvgIpc) is 2.28. The molecular formula is C15H33N3. The fourth-order valence-corrected chi connectivity index (χ4v) is 3.23. The summed E-state index contributed by atoms with van der Waals surface area (Å²) in [6.45, 7) is 6.08. The highest BCUT2D eigenvalue weighted by atomic mass is 15.1. The molecule has 0 aromatic heterocycles. The van der Waals surface area contributed by atoms with E-state index in [9.17, 15) is 0 Å². The molecule has 0 heterocycles. The van der Waals surface area contributed by atoms with E-state index >= 15 is 0 Å². The molecule has 1 N–H and O–H groups in total. The van der Waals surface area contributed by atoms with Gasteiger partial charge in [-0.2, -0.15) is 0 Å².